The molecule has 0 saturated heterocycles. The maximum atomic E-state index is 13.0. The highest BCUT2D eigenvalue weighted by Gasteiger charge is 2.26. The lowest BCUT2D eigenvalue weighted by Gasteiger charge is -2.18. The second kappa shape index (κ2) is 9.62. The summed E-state index contributed by atoms with van der Waals surface area (Å²) < 4.78 is 16.9. The van der Waals surface area contributed by atoms with E-state index in [0.29, 0.717) is 33.1 Å². The molecule has 1 heterocycles. The van der Waals surface area contributed by atoms with Gasteiger partial charge < -0.3 is 19.2 Å². The Labute approximate surface area is 193 Å². The number of hydrogen-bond donors (Lipinski definition) is 1. The number of benzene rings is 3. The molecule has 0 aliphatic carbocycles. The van der Waals surface area contributed by atoms with Crippen molar-refractivity contribution in [2.75, 3.05) is 12.4 Å². The third kappa shape index (κ3) is 4.91. The van der Waals surface area contributed by atoms with E-state index in [1.165, 1.54) is 13.2 Å². The molecule has 1 unspecified atom stereocenters. The van der Waals surface area contributed by atoms with Crippen LogP contribution in [0.1, 0.15) is 11.7 Å². The topological polar surface area (TPSA) is 99.8 Å². The number of ether oxygens (including phenoxy) is 2. The minimum atomic E-state index is -1.26. The number of fused-ring (bicyclic) bond motifs is 1. The molecule has 4 rings (SSSR count). The van der Waals surface area contributed by atoms with Gasteiger partial charge in [-0.05, 0) is 30.3 Å². The maximum Gasteiger partial charge on any atom is 0.420 e. The number of nitrogens with one attached hydrogen (secondary N) is 1. The van der Waals surface area contributed by atoms with Crippen molar-refractivity contribution < 1.29 is 23.5 Å². The van der Waals surface area contributed by atoms with Crippen LogP contribution < -0.4 is 15.8 Å². The minimum Gasteiger partial charge on any atom is -0.495 e. The second-order valence-electron chi connectivity index (χ2n) is 7.04. The molecule has 4 aromatic rings. The molecule has 0 fully saturated rings. The SMILES string of the molecule is COc1ccc(NC(=O)C(OC(=O)Cn2c(=O)oc3ccccc32)c2ccccc2)cc1Cl. The molecule has 0 aliphatic heterocycles. The van der Waals surface area contributed by atoms with Gasteiger partial charge in [-0.1, -0.05) is 54.1 Å². The van der Waals surface area contributed by atoms with Crippen LogP contribution in [0.4, 0.5) is 5.69 Å². The Morgan fingerprint density at radius 2 is 1.79 bits per heavy atom. The van der Waals surface area contributed by atoms with Crippen molar-refractivity contribution in [3.63, 3.8) is 0 Å². The summed E-state index contributed by atoms with van der Waals surface area (Å²) in [6.07, 6.45) is -1.26. The molecular formula is C24H19ClN2O6. The predicted molar refractivity (Wildman–Crippen MR) is 122 cm³/mol. The van der Waals surface area contributed by atoms with Crippen molar-refractivity contribution in [2.45, 2.75) is 12.6 Å². The van der Waals surface area contributed by atoms with Crippen LogP contribution in [0.15, 0.2) is 82.0 Å². The van der Waals surface area contributed by atoms with E-state index in [9.17, 15) is 14.4 Å². The van der Waals surface area contributed by atoms with E-state index in [4.69, 9.17) is 25.5 Å². The Bertz CT molecular complexity index is 1360. The summed E-state index contributed by atoms with van der Waals surface area (Å²) in [5.74, 6) is -1.60. The highest BCUT2D eigenvalue weighted by molar-refractivity contribution is 6.32. The Morgan fingerprint density at radius 3 is 2.52 bits per heavy atom. The fourth-order valence-electron chi connectivity index (χ4n) is 3.31. The summed E-state index contributed by atoms with van der Waals surface area (Å²) in [4.78, 5) is 38.0. The van der Waals surface area contributed by atoms with Gasteiger partial charge in [-0.25, -0.2) is 4.79 Å². The average Bonchev–Trinajstić information content (AvgIpc) is 3.13. The van der Waals surface area contributed by atoms with Gasteiger partial charge in [0, 0.05) is 11.3 Å². The number of carbonyl (C=O) groups is 2. The monoisotopic (exact) mass is 466 g/mol. The largest absolute Gasteiger partial charge is 0.495 e. The summed E-state index contributed by atoms with van der Waals surface area (Å²) in [6.45, 7) is -0.416. The molecule has 33 heavy (non-hydrogen) atoms. The third-order valence-corrected chi connectivity index (χ3v) is 5.17. The van der Waals surface area contributed by atoms with E-state index in [1.807, 2.05) is 0 Å². The summed E-state index contributed by atoms with van der Waals surface area (Å²) in [5.41, 5.74) is 1.67. The molecule has 8 nitrogen and oxygen atoms in total. The van der Waals surface area contributed by atoms with Crippen LogP contribution in [-0.2, 0) is 20.9 Å². The van der Waals surface area contributed by atoms with E-state index in [2.05, 4.69) is 5.32 Å². The molecule has 1 atom stereocenters. The Morgan fingerprint density at radius 1 is 1.06 bits per heavy atom. The molecule has 168 valence electrons. The lowest BCUT2D eigenvalue weighted by atomic mass is 10.1. The minimum absolute atomic E-state index is 0.315. The number of amides is 1. The number of oxazole rings is 1. The first-order chi connectivity index (χ1) is 16.0. The molecule has 0 spiro atoms. The number of aromatic nitrogens is 1. The van der Waals surface area contributed by atoms with Crippen LogP contribution in [0, 0.1) is 0 Å². The zero-order valence-corrected chi connectivity index (χ0v) is 18.2. The maximum absolute atomic E-state index is 13.0. The molecule has 0 saturated carbocycles. The van der Waals surface area contributed by atoms with E-state index in [1.54, 1.807) is 66.7 Å². The van der Waals surface area contributed by atoms with Gasteiger partial charge in [0.25, 0.3) is 5.91 Å². The lowest BCUT2D eigenvalue weighted by Crippen LogP contribution is -2.29. The van der Waals surface area contributed by atoms with Crippen LogP contribution in [0.2, 0.25) is 5.02 Å². The summed E-state index contributed by atoms with van der Waals surface area (Å²) in [5, 5.41) is 3.01. The molecule has 9 heteroatoms. The van der Waals surface area contributed by atoms with E-state index < -0.39 is 30.3 Å². The average molecular weight is 467 g/mol. The predicted octanol–water partition coefficient (Wildman–Crippen LogP) is 4.18. The number of hydrogen-bond acceptors (Lipinski definition) is 6. The van der Waals surface area contributed by atoms with Crippen molar-refractivity contribution in [3.05, 3.63) is 93.9 Å². The molecule has 0 radical (unpaired) electrons. The normalized spacial score (nSPS) is 11.7. The number of methoxy groups -OCH3 is 1. The molecule has 3 aromatic carbocycles. The smallest absolute Gasteiger partial charge is 0.420 e. The summed E-state index contributed by atoms with van der Waals surface area (Å²) >= 11 is 6.13. The number of esters is 1. The molecule has 1 N–H and O–H groups in total. The molecule has 1 aromatic heterocycles. The Hall–Kier alpha value is -4.04. The van der Waals surface area contributed by atoms with Gasteiger partial charge in [0.2, 0.25) is 6.10 Å². The number of nitrogens with zero attached hydrogens (tertiary/aromatic N) is 1. The number of halogens is 1. The van der Waals surface area contributed by atoms with Gasteiger partial charge >= 0.3 is 11.7 Å². The van der Waals surface area contributed by atoms with Crippen LogP contribution in [-0.4, -0.2) is 23.6 Å². The first kappa shape index (κ1) is 22.2. The highest BCUT2D eigenvalue weighted by atomic mass is 35.5. The van der Waals surface area contributed by atoms with Gasteiger partial charge in [-0.3, -0.25) is 14.2 Å². The van der Waals surface area contributed by atoms with Gasteiger partial charge in [-0.2, -0.15) is 0 Å². The number of carbonyl (C=O) groups excluding carboxylic acids is 2. The van der Waals surface area contributed by atoms with Gasteiger partial charge in [-0.15, -0.1) is 0 Å². The zero-order chi connectivity index (χ0) is 23.4. The van der Waals surface area contributed by atoms with Crippen LogP contribution in [0.5, 0.6) is 5.75 Å². The van der Waals surface area contributed by atoms with Gasteiger partial charge in [0.15, 0.2) is 5.58 Å². The van der Waals surface area contributed by atoms with Crippen LogP contribution >= 0.6 is 11.6 Å². The molecule has 0 aliphatic rings. The fraction of sp³-hybridized carbons (Fsp3) is 0.125. The number of anilines is 1. The number of para-hydroxylation sites is 2. The van der Waals surface area contributed by atoms with Crippen molar-refractivity contribution in [1.82, 2.24) is 4.57 Å². The molecule has 1 amide bonds. The quantitative estimate of drug-likeness (QED) is 0.410. The summed E-state index contributed by atoms with van der Waals surface area (Å²) in [7, 11) is 1.49. The first-order valence-corrected chi connectivity index (χ1v) is 10.3. The van der Waals surface area contributed by atoms with Crippen molar-refractivity contribution in [3.8, 4) is 5.75 Å². The molecule has 0 bridgehead atoms. The Kier molecular flexibility index (Phi) is 6.46. The van der Waals surface area contributed by atoms with E-state index >= 15 is 0 Å². The Balaban J connectivity index is 1.56. The van der Waals surface area contributed by atoms with Crippen molar-refractivity contribution in [2.24, 2.45) is 0 Å². The standard InChI is InChI=1S/C24H19ClN2O6/c1-31-19-12-11-16(13-17(19)25)26-23(29)22(15-7-3-2-4-8-15)33-21(28)14-27-18-9-5-6-10-20(18)32-24(27)30/h2-13,22H,14H2,1H3,(H,26,29). The van der Waals surface area contributed by atoms with Gasteiger partial charge in [0.1, 0.15) is 12.3 Å². The van der Waals surface area contributed by atoms with Gasteiger partial charge in [0.05, 0.1) is 17.6 Å². The number of rotatable bonds is 7. The van der Waals surface area contributed by atoms with Crippen LogP contribution in [0.3, 0.4) is 0 Å². The summed E-state index contributed by atoms with van der Waals surface area (Å²) in [6, 6.07) is 20.0. The second-order valence-corrected chi connectivity index (χ2v) is 7.45. The van der Waals surface area contributed by atoms with Crippen LogP contribution in [0.25, 0.3) is 11.1 Å². The fourth-order valence-corrected chi connectivity index (χ4v) is 3.57. The van der Waals surface area contributed by atoms with Crippen molar-refractivity contribution >= 4 is 40.3 Å². The highest BCUT2D eigenvalue weighted by Crippen LogP contribution is 2.28. The molecular weight excluding hydrogens is 448 g/mol. The zero-order valence-electron chi connectivity index (χ0n) is 17.5. The van der Waals surface area contributed by atoms with E-state index in [0.717, 1.165) is 4.57 Å². The van der Waals surface area contributed by atoms with Crippen molar-refractivity contribution in [1.29, 1.82) is 0 Å². The first-order valence-electron chi connectivity index (χ1n) is 9.93. The third-order valence-electron chi connectivity index (χ3n) is 4.87. The van der Waals surface area contributed by atoms with E-state index in [-0.39, 0.29) is 0 Å². The lowest BCUT2D eigenvalue weighted by molar-refractivity contribution is -0.155.